The Kier molecular flexibility index (Phi) is 6.90. The first kappa shape index (κ1) is 19.6. The molecule has 1 atom stereocenters. The Morgan fingerprint density at radius 3 is 2.35 bits per heavy atom. The number of rotatable bonds is 10. The molecule has 0 saturated heterocycles. The smallest absolute Gasteiger partial charge is 0.264 e. The third-order valence-corrected chi connectivity index (χ3v) is 4.14. The third kappa shape index (κ3) is 4.48. The number of unbranched alkanes of at least 4 members (excludes halogenated alkanes) is 3. The van der Waals surface area contributed by atoms with E-state index in [1.165, 1.54) is 11.9 Å². The van der Waals surface area contributed by atoms with Crippen LogP contribution in [0.4, 0.5) is 0 Å². The fourth-order valence-electron chi connectivity index (χ4n) is 2.65. The van der Waals surface area contributed by atoms with Gasteiger partial charge in [-0.25, -0.2) is 4.90 Å². The summed E-state index contributed by atoms with van der Waals surface area (Å²) < 4.78 is 0. The molecule has 1 heterocycles. The molecule has 1 unspecified atom stereocenters. The molecule has 0 bridgehead atoms. The van der Waals surface area contributed by atoms with Crippen LogP contribution in [-0.4, -0.2) is 58.2 Å². The second kappa shape index (κ2) is 9.14. The molecule has 0 aromatic heterocycles. The molecule has 2 amide bonds. The van der Waals surface area contributed by atoms with Gasteiger partial charge in [-0.05, 0) is 31.9 Å². The molecule has 1 aromatic rings. The van der Waals surface area contributed by atoms with Crippen LogP contribution >= 0.6 is 0 Å². The number of carbonyl (C=O) groups excluding carboxylic acids is 2. The number of aliphatic hydroxyl groups excluding tert-OH is 1. The molecule has 0 fully saturated rings. The first-order chi connectivity index (χ1) is 12.5. The van der Waals surface area contributed by atoms with E-state index in [0.717, 1.165) is 30.6 Å². The van der Waals surface area contributed by atoms with Gasteiger partial charge in [-0.15, -0.1) is 5.01 Å². The highest BCUT2D eigenvalue weighted by molar-refractivity contribution is 6.21. The predicted molar refractivity (Wildman–Crippen MR) is 91.7 cm³/mol. The van der Waals surface area contributed by atoms with Crippen LogP contribution in [0.25, 0.3) is 0 Å². The summed E-state index contributed by atoms with van der Waals surface area (Å²) in [6.07, 6.45) is 2.31. The van der Waals surface area contributed by atoms with Crippen LogP contribution in [0.5, 0.6) is 0 Å². The average molecular weight is 364 g/mol. The van der Waals surface area contributed by atoms with Crippen LogP contribution in [0.1, 0.15) is 53.3 Å². The number of hydrogen-bond acceptors (Lipinski definition) is 6. The monoisotopic (exact) mass is 364 g/mol. The first-order valence-corrected chi connectivity index (χ1v) is 8.60. The highest BCUT2D eigenvalue weighted by Crippen LogP contribution is 2.24. The summed E-state index contributed by atoms with van der Waals surface area (Å²) in [4.78, 5) is 30.9. The second-order valence-electron chi connectivity index (χ2n) is 6.08. The molecule has 2 rings (SSSR count). The number of nitrogens with zero attached hydrogens (tertiary/aromatic N) is 4. The lowest BCUT2D eigenvalue weighted by atomic mass is 10.1. The summed E-state index contributed by atoms with van der Waals surface area (Å²) in [6, 6.07) is 6.50. The number of fused-ring (bicyclic) bond motifs is 1. The maximum Gasteiger partial charge on any atom is 0.264 e. The van der Waals surface area contributed by atoms with Gasteiger partial charge < -0.3 is 15.2 Å². The van der Waals surface area contributed by atoms with E-state index in [0.29, 0.717) is 22.6 Å². The average Bonchev–Trinajstić information content (AvgIpc) is 2.90. The minimum atomic E-state index is -1.00. The first-order valence-electron chi connectivity index (χ1n) is 8.60. The summed E-state index contributed by atoms with van der Waals surface area (Å²) in [5.74, 6) is -0.939. The Labute approximate surface area is 152 Å². The van der Waals surface area contributed by atoms with Crippen LogP contribution in [0.3, 0.4) is 0 Å². The molecule has 9 nitrogen and oxygen atoms in total. The maximum absolute atomic E-state index is 12.3. The summed E-state index contributed by atoms with van der Waals surface area (Å²) in [7, 11) is 1.57. The van der Waals surface area contributed by atoms with Crippen molar-refractivity contribution in [1.29, 1.82) is 0 Å². The second-order valence-corrected chi connectivity index (χ2v) is 6.08. The van der Waals surface area contributed by atoms with Crippen molar-refractivity contribution in [3.8, 4) is 0 Å². The quantitative estimate of drug-likeness (QED) is 0.223. The zero-order valence-electron chi connectivity index (χ0n) is 15.0. The van der Waals surface area contributed by atoms with Crippen molar-refractivity contribution in [2.24, 2.45) is 5.28 Å². The van der Waals surface area contributed by atoms with E-state index in [2.05, 4.69) is 5.28 Å². The topological polar surface area (TPSA) is 109 Å². The Morgan fingerprint density at radius 2 is 1.77 bits per heavy atom. The highest BCUT2D eigenvalue weighted by atomic mass is 16.7. The number of carbonyl (C=O) groups is 2. The van der Waals surface area contributed by atoms with Gasteiger partial charge in [-0.1, -0.05) is 25.0 Å². The van der Waals surface area contributed by atoms with E-state index in [-0.39, 0.29) is 6.61 Å². The number of amides is 2. The van der Waals surface area contributed by atoms with Crippen LogP contribution in [-0.2, 0) is 4.84 Å². The van der Waals surface area contributed by atoms with Crippen molar-refractivity contribution in [2.75, 3.05) is 20.2 Å². The minimum absolute atomic E-state index is 0.169. The van der Waals surface area contributed by atoms with Crippen molar-refractivity contribution in [3.63, 3.8) is 0 Å². The van der Waals surface area contributed by atoms with Gasteiger partial charge >= 0.3 is 0 Å². The molecule has 1 N–H and O–H groups in total. The van der Waals surface area contributed by atoms with E-state index < -0.39 is 18.0 Å². The van der Waals surface area contributed by atoms with E-state index in [4.69, 9.17) is 9.94 Å². The molecule has 1 aromatic carbocycles. The van der Waals surface area contributed by atoms with E-state index >= 15 is 0 Å². The minimum Gasteiger partial charge on any atom is -0.569 e. The largest absolute Gasteiger partial charge is 0.569 e. The van der Waals surface area contributed by atoms with Crippen LogP contribution in [0.2, 0.25) is 0 Å². The fourth-order valence-corrected chi connectivity index (χ4v) is 2.65. The predicted octanol–water partition coefficient (Wildman–Crippen LogP) is 1.92. The number of hydrogen-bond donors (Lipinski definition) is 1. The zero-order chi connectivity index (χ0) is 19.1. The van der Waals surface area contributed by atoms with E-state index in [1.54, 1.807) is 31.3 Å². The van der Waals surface area contributed by atoms with Crippen molar-refractivity contribution in [3.05, 3.63) is 40.6 Å². The zero-order valence-corrected chi connectivity index (χ0v) is 15.0. The normalized spacial score (nSPS) is 15.2. The van der Waals surface area contributed by atoms with Gasteiger partial charge in [0.2, 0.25) is 11.5 Å². The number of imide groups is 1. The maximum atomic E-state index is 12.3. The summed E-state index contributed by atoms with van der Waals surface area (Å²) >= 11 is 0. The molecule has 1 aliphatic heterocycles. The summed E-state index contributed by atoms with van der Waals surface area (Å²) in [5.41, 5.74) is 0.624. The number of benzene rings is 1. The number of aliphatic hydroxyl groups is 1. The van der Waals surface area contributed by atoms with E-state index in [1.807, 2.05) is 0 Å². The van der Waals surface area contributed by atoms with Crippen molar-refractivity contribution < 1.29 is 24.5 Å². The Hall–Kier alpha value is -2.68. The van der Waals surface area contributed by atoms with Gasteiger partial charge in [0.05, 0.1) is 29.7 Å². The van der Waals surface area contributed by atoms with Crippen molar-refractivity contribution in [2.45, 2.75) is 38.8 Å². The van der Waals surface area contributed by atoms with Gasteiger partial charge in [-0.2, -0.15) is 0 Å². The Bertz CT molecular complexity index is 644. The fraction of sp³-hybridized carbons (Fsp3) is 0.529. The highest BCUT2D eigenvalue weighted by Gasteiger charge is 2.39. The molecule has 9 heteroatoms. The third-order valence-electron chi connectivity index (χ3n) is 4.14. The molecule has 0 aliphatic carbocycles. The van der Waals surface area contributed by atoms with Gasteiger partial charge in [0.25, 0.3) is 11.8 Å². The lowest BCUT2D eigenvalue weighted by Crippen LogP contribution is -2.39. The summed E-state index contributed by atoms with van der Waals surface area (Å²) in [6.45, 7) is 2.12. The van der Waals surface area contributed by atoms with Crippen molar-refractivity contribution >= 4 is 11.8 Å². The molecule has 142 valence electrons. The lowest BCUT2D eigenvalue weighted by molar-refractivity contribution is -0.707. The molecule has 0 radical (unpaired) electrons. The molecule has 0 spiro atoms. The molecule has 0 saturated carbocycles. The Morgan fingerprint density at radius 1 is 1.19 bits per heavy atom. The molecular weight excluding hydrogens is 340 g/mol. The SMILES string of the molecule is CC(O/N=[N+](/[O-])N(C)CCCCCCO)N1C(=O)c2ccccc2C1=O. The van der Waals surface area contributed by atoms with Crippen molar-refractivity contribution in [1.82, 2.24) is 9.91 Å². The molecule has 1 aliphatic rings. The van der Waals surface area contributed by atoms with Crippen LogP contribution in [0.15, 0.2) is 29.5 Å². The molecule has 26 heavy (non-hydrogen) atoms. The van der Waals surface area contributed by atoms with Gasteiger partial charge in [0.15, 0.2) is 0 Å². The molecular formula is C17H24N4O5. The van der Waals surface area contributed by atoms with Gasteiger partial charge in [0, 0.05) is 6.61 Å². The number of hydrazine groups is 1. The standard InChI is InChI=1S/C17H24N4O5/c1-13(20-16(23)14-9-5-6-10-15(14)17(20)24)26-18-21(25)19(2)11-7-3-4-8-12-22/h5-6,9-10,13,22H,3-4,7-8,11-12H2,1-2H3/b21-18+. The van der Waals surface area contributed by atoms with E-state index in [9.17, 15) is 14.8 Å². The van der Waals surface area contributed by atoms with Gasteiger partial charge in [0.1, 0.15) is 0 Å². The van der Waals surface area contributed by atoms with Crippen LogP contribution < -0.4 is 0 Å². The summed E-state index contributed by atoms with van der Waals surface area (Å²) in [5, 5.41) is 25.4. The lowest BCUT2D eigenvalue weighted by Gasteiger charge is -2.19. The van der Waals surface area contributed by atoms with Gasteiger partial charge in [-0.3, -0.25) is 9.59 Å². The van der Waals surface area contributed by atoms with Crippen LogP contribution in [0, 0.1) is 5.21 Å². The Balaban J connectivity index is 1.87.